The molecule has 1 aromatic heterocycles. The minimum Gasteiger partial charge on any atom is -0.462 e. The molecule has 2 rings (SSSR count). The van der Waals surface area contributed by atoms with Crippen molar-refractivity contribution >= 4 is 40.6 Å². The number of halogens is 1. The van der Waals surface area contributed by atoms with Crippen molar-refractivity contribution in [1.82, 2.24) is 5.32 Å². The molecule has 0 spiro atoms. The maximum Gasteiger partial charge on any atom is 0.341 e. The summed E-state index contributed by atoms with van der Waals surface area (Å²) in [5.74, 6) is -0.390. The van der Waals surface area contributed by atoms with Gasteiger partial charge in [-0.3, -0.25) is 4.79 Å². The molecule has 0 saturated carbocycles. The summed E-state index contributed by atoms with van der Waals surface area (Å²) in [4.78, 5) is 25.7. The zero-order valence-electron chi connectivity index (χ0n) is 13.9. The molecule has 7 heteroatoms. The second kappa shape index (κ2) is 9.25. The SMILES string of the molecule is CCOC(=O)c1c(NC(=O)[C@@H]2CCCNC2)sc(C)c1CC.Cl. The van der Waals surface area contributed by atoms with Gasteiger partial charge in [-0.1, -0.05) is 6.92 Å². The van der Waals surface area contributed by atoms with Crippen LogP contribution in [0.4, 0.5) is 5.00 Å². The lowest BCUT2D eigenvalue weighted by Gasteiger charge is -2.21. The second-order valence-electron chi connectivity index (χ2n) is 5.45. The normalized spacial score (nSPS) is 17.3. The molecule has 2 heterocycles. The Morgan fingerprint density at radius 1 is 1.39 bits per heavy atom. The van der Waals surface area contributed by atoms with Gasteiger partial charge in [0, 0.05) is 11.4 Å². The molecule has 23 heavy (non-hydrogen) atoms. The highest BCUT2D eigenvalue weighted by Gasteiger charge is 2.26. The summed E-state index contributed by atoms with van der Waals surface area (Å²) in [5.41, 5.74) is 1.50. The number of nitrogens with one attached hydrogen (secondary N) is 2. The van der Waals surface area contributed by atoms with Crippen LogP contribution in [0.1, 0.15) is 47.5 Å². The fourth-order valence-corrected chi connectivity index (χ4v) is 3.94. The van der Waals surface area contributed by atoms with Gasteiger partial charge in [0.25, 0.3) is 0 Å². The maximum absolute atomic E-state index is 12.4. The van der Waals surface area contributed by atoms with E-state index in [1.54, 1.807) is 6.92 Å². The first-order valence-electron chi connectivity index (χ1n) is 7.89. The van der Waals surface area contributed by atoms with Crippen LogP contribution in [0.5, 0.6) is 0 Å². The number of esters is 1. The number of carbonyl (C=O) groups is 2. The van der Waals surface area contributed by atoms with Crippen molar-refractivity contribution in [2.75, 3.05) is 25.0 Å². The Morgan fingerprint density at radius 3 is 2.70 bits per heavy atom. The predicted octanol–water partition coefficient (Wildman–Crippen LogP) is 3.16. The van der Waals surface area contributed by atoms with Gasteiger partial charge in [0.05, 0.1) is 18.1 Å². The molecule has 0 aliphatic carbocycles. The number of hydrogen-bond donors (Lipinski definition) is 2. The summed E-state index contributed by atoms with van der Waals surface area (Å²) < 4.78 is 5.16. The number of piperidine rings is 1. The van der Waals surface area contributed by atoms with Gasteiger partial charge >= 0.3 is 5.97 Å². The standard InChI is InChI=1S/C16H24N2O3S.ClH/c1-4-12-10(3)22-15(13(12)16(20)21-5-2)18-14(19)11-7-6-8-17-9-11;/h11,17H,4-9H2,1-3H3,(H,18,19);1H/t11-;/m1./s1. The van der Waals surface area contributed by atoms with Crippen molar-refractivity contribution in [3.63, 3.8) is 0 Å². The zero-order chi connectivity index (χ0) is 16.1. The van der Waals surface area contributed by atoms with Crippen molar-refractivity contribution in [3.8, 4) is 0 Å². The summed E-state index contributed by atoms with van der Waals surface area (Å²) in [5, 5.41) is 6.82. The molecule has 1 aliphatic rings. The van der Waals surface area contributed by atoms with Gasteiger partial charge in [-0.15, -0.1) is 23.7 Å². The van der Waals surface area contributed by atoms with Crippen molar-refractivity contribution in [2.24, 2.45) is 5.92 Å². The number of hydrogen-bond acceptors (Lipinski definition) is 5. The molecule has 0 unspecified atom stereocenters. The first-order valence-corrected chi connectivity index (χ1v) is 8.71. The molecule has 0 aromatic carbocycles. The Kier molecular flexibility index (Phi) is 8.02. The van der Waals surface area contributed by atoms with E-state index in [4.69, 9.17) is 4.74 Å². The lowest BCUT2D eigenvalue weighted by molar-refractivity contribution is -0.120. The van der Waals surface area contributed by atoms with Crippen molar-refractivity contribution in [1.29, 1.82) is 0 Å². The van der Waals surface area contributed by atoms with Crippen molar-refractivity contribution < 1.29 is 14.3 Å². The van der Waals surface area contributed by atoms with Gasteiger partial charge in [-0.05, 0) is 45.2 Å². The van der Waals surface area contributed by atoms with Crippen LogP contribution in [0, 0.1) is 12.8 Å². The highest BCUT2D eigenvalue weighted by atomic mass is 35.5. The highest BCUT2D eigenvalue weighted by Crippen LogP contribution is 2.34. The van der Waals surface area contributed by atoms with E-state index >= 15 is 0 Å². The molecule has 1 aromatic rings. The molecular weight excluding hydrogens is 336 g/mol. The fraction of sp³-hybridized carbons (Fsp3) is 0.625. The molecule has 1 atom stereocenters. The Bertz CT molecular complexity index is 554. The topological polar surface area (TPSA) is 67.4 Å². The Labute approximate surface area is 147 Å². The molecule has 1 fully saturated rings. The van der Waals surface area contributed by atoms with Crippen LogP contribution >= 0.6 is 23.7 Å². The molecule has 0 bridgehead atoms. The summed E-state index contributed by atoms with van der Waals surface area (Å²) in [6, 6.07) is 0. The van der Waals surface area contributed by atoms with Gasteiger partial charge in [0.15, 0.2) is 0 Å². The average Bonchev–Trinajstić information content (AvgIpc) is 2.83. The minimum atomic E-state index is -0.347. The van der Waals surface area contributed by atoms with Gasteiger partial charge in [0.1, 0.15) is 5.00 Å². The highest BCUT2D eigenvalue weighted by molar-refractivity contribution is 7.16. The lowest BCUT2D eigenvalue weighted by Crippen LogP contribution is -2.37. The van der Waals surface area contributed by atoms with Crippen LogP contribution in [0.3, 0.4) is 0 Å². The first-order chi connectivity index (χ1) is 10.6. The largest absolute Gasteiger partial charge is 0.462 e. The van der Waals surface area contributed by atoms with Crippen LogP contribution in [0.15, 0.2) is 0 Å². The van der Waals surface area contributed by atoms with Gasteiger partial charge in [-0.2, -0.15) is 0 Å². The van der Waals surface area contributed by atoms with Gasteiger partial charge < -0.3 is 15.4 Å². The lowest BCUT2D eigenvalue weighted by atomic mass is 9.99. The molecular formula is C16H25ClN2O3S. The monoisotopic (exact) mass is 360 g/mol. The summed E-state index contributed by atoms with van der Waals surface area (Å²) in [6.45, 7) is 7.77. The molecule has 130 valence electrons. The van der Waals surface area contributed by atoms with E-state index < -0.39 is 0 Å². The Morgan fingerprint density at radius 2 is 2.13 bits per heavy atom. The molecule has 0 radical (unpaired) electrons. The number of aryl methyl sites for hydroxylation is 1. The van der Waals surface area contributed by atoms with Crippen molar-refractivity contribution in [3.05, 3.63) is 16.0 Å². The number of anilines is 1. The van der Waals surface area contributed by atoms with Gasteiger partial charge in [-0.25, -0.2) is 4.79 Å². The third-order valence-corrected chi connectivity index (χ3v) is 5.01. The Balaban J connectivity index is 0.00000264. The van der Waals surface area contributed by atoms with Crippen LogP contribution in [0.25, 0.3) is 0 Å². The summed E-state index contributed by atoms with van der Waals surface area (Å²) >= 11 is 1.46. The number of amides is 1. The van der Waals surface area contributed by atoms with E-state index in [0.717, 1.165) is 36.2 Å². The molecule has 1 amide bonds. The van der Waals surface area contributed by atoms with E-state index in [9.17, 15) is 9.59 Å². The molecule has 2 N–H and O–H groups in total. The van der Waals surface area contributed by atoms with Crippen LogP contribution in [-0.4, -0.2) is 31.6 Å². The molecule has 5 nitrogen and oxygen atoms in total. The molecule has 1 saturated heterocycles. The van der Waals surface area contributed by atoms with Gasteiger partial charge in [0.2, 0.25) is 5.91 Å². The third-order valence-electron chi connectivity index (χ3n) is 3.95. The second-order valence-corrected chi connectivity index (χ2v) is 6.67. The maximum atomic E-state index is 12.4. The number of rotatable bonds is 5. The molecule has 1 aliphatic heterocycles. The van der Waals surface area contributed by atoms with E-state index in [-0.39, 0.29) is 30.2 Å². The van der Waals surface area contributed by atoms with E-state index in [1.807, 2.05) is 13.8 Å². The zero-order valence-corrected chi connectivity index (χ0v) is 15.5. The number of thiophene rings is 1. The number of ether oxygens (including phenoxy) is 1. The summed E-state index contributed by atoms with van der Waals surface area (Å²) in [7, 11) is 0. The van der Waals surface area contributed by atoms with Crippen molar-refractivity contribution in [2.45, 2.75) is 40.0 Å². The van der Waals surface area contributed by atoms with E-state index in [2.05, 4.69) is 10.6 Å². The smallest absolute Gasteiger partial charge is 0.341 e. The Hall–Kier alpha value is -1.11. The predicted molar refractivity (Wildman–Crippen MR) is 95.9 cm³/mol. The minimum absolute atomic E-state index is 0. The fourth-order valence-electron chi connectivity index (χ4n) is 2.80. The quantitative estimate of drug-likeness (QED) is 0.791. The third kappa shape index (κ3) is 4.68. The van der Waals surface area contributed by atoms with Crippen LogP contribution in [0.2, 0.25) is 0 Å². The van der Waals surface area contributed by atoms with E-state index in [0.29, 0.717) is 23.7 Å². The van der Waals surface area contributed by atoms with Crippen LogP contribution in [-0.2, 0) is 16.0 Å². The van der Waals surface area contributed by atoms with Crippen LogP contribution < -0.4 is 10.6 Å². The first kappa shape index (κ1) is 19.9. The number of carbonyl (C=O) groups excluding carboxylic acids is 2. The summed E-state index contributed by atoms with van der Waals surface area (Å²) in [6.07, 6.45) is 2.64. The average molecular weight is 361 g/mol. The van der Waals surface area contributed by atoms with E-state index in [1.165, 1.54) is 11.3 Å².